The van der Waals surface area contributed by atoms with E-state index in [4.69, 9.17) is 4.74 Å². The van der Waals surface area contributed by atoms with Crippen molar-refractivity contribution in [3.8, 4) is 0 Å². The van der Waals surface area contributed by atoms with Crippen molar-refractivity contribution < 1.29 is 22.7 Å². The number of carbonyl (C=O) groups excluding carboxylic acids is 2. The van der Waals surface area contributed by atoms with Gasteiger partial charge >= 0.3 is 5.97 Å². The summed E-state index contributed by atoms with van der Waals surface area (Å²) in [5.74, 6) is -0.807. The summed E-state index contributed by atoms with van der Waals surface area (Å²) in [7, 11) is -3.67. The molecule has 0 spiro atoms. The highest BCUT2D eigenvalue weighted by molar-refractivity contribution is 7.89. The standard InChI is InChI=1S/C24H24N2O5S2/c1-3-31-24(28)22-16(2)14-21(32-22)25-23(27)18-8-10-20(11-9-18)33(29,30)26-13-12-17-6-4-5-7-19(17)15-26/h4-11,14H,3,12-13,15H2,1-2H3,(H,25,27). The molecular formula is C24H24N2O5S2. The van der Waals surface area contributed by atoms with Gasteiger partial charge in [-0.3, -0.25) is 4.79 Å². The van der Waals surface area contributed by atoms with Crippen LogP contribution < -0.4 is 5.32 Å². The summed E-state index contributed by atoms with van der Waals surface area (Å²) in [6.45, 7) is 4.54. The number of nitrogens with one attached hydrogen (secondary N) is 1. The van der Waals surface area contributed by atoms with Gasteiger partial charge in [-0.2, -0.15) is 4.31 Å². The zero-order valence-electron chi connectivity index (χ0n) is 18.3. The molecule has 1 aliphatic heterocycles. The molecule has 0 radical (unpaired) electrons. The summed E-state index contributed by atoms with van der Waals surface area (Å²) in [5.41, 5.74) is 3.22. The van der Waals surface area contributed by atoms with Gasteiger partial charge in [0.2, 0.25) is 10.0 Å². The molecule has 0 fully saturated rings. The van der Waals surface area contributed by atoms with Gasteiger partial charge in [-0.05, 0) is 67.3 Å². The Morgan fingerprint density at radius 3 is 2.48 bits per heavy atom. The monoisotopic (exact) mass is 484 g/mol. The molecule has 0 saturated carbocycles. The van der Waals surface area contributed by atoms with Crippen LogP contribution in [0, 0.1) is 6.92 Å². The molecule has 3 aromatic rings. The van der Waals surface area contributed by atoms with Crippen LogP contribution in [0.5, 0.6) is 0 Å². The van der Waals surface area contributed by atoms with E-state index in [9.17, 15) is 18.0 Å². The quantitative estimate of drug-likeness (QED) is 0.529. The molecule has 0 saturated heterocycles. The third-order valence-corrected chi connectivity index (χ3v) is 8.46. The summed E-state index contributed by atoms with van der Waals surface area (Å²) in [4.78, 5) is 25.2. The van der Waals surface area contributed by atoms with Crippen molar-refractivity contribution in [2.75, 3.05) is 18.5 Å². The van der Waals surface area contributed by atoms with Gasteiger partial charge in [-0.15, -0.1) is 11.3 Å². The second kappa shape index (κ2) is 9.46. The molecule has 0 unspecified atom stereocenters. The highest BCUT2D eigenvalue weighted by Crippen LogP contribution is 2.28. The molecule has 0 atom stereocenters. The van der Waals surface area contributed by atoms with E-state index >= 15 is 0 Å². The lowest BCUT2D eigenvalue weighted by atomic mass is 10.0. The van der Waals surface area contributed by atoms with E-state index in [-0.39, 0.29) is 17.4 Å². The van der Waals surface area contributed by atoms with E-state index in [1.165, 1.54) is 34.1 Å². The lowest BCUT2D eigenvalue weighted by Crippen LogP contribution is -2.35. The lowest BCUT2D eigenvalue weighted by Gasteiger charge is -2.28. The number of nitrogens with zero attached hydrogens (tertiary/aromatic N) is 1. The van der Waals surface area contributed by atoms with Crippen LogP contribution in [-0.2, 0) is 27.7 Å². The average molecular weight is 485 g/mol. The average Bonchev–Trinajstić information content (AvgIpc) is 3.18. The molecule has 1 aliphatic rings. The number of hydrogen-bond donors (Lipinski definition) is 1. The minimum Gasteiger partial charge on any atom is -0.462 e. The Morgan fingerprint density at radius 2 is 1.79 bits per heavy atom. The minimum atomic E-state index is -3.67. The molecule has 172 valence electrons. The van der Waals surface area contributed by atoms with Crippen LogP contribution in [0.2, 0.25) is 0 Å². The van der Waals surface area contributed by atoms with Crippen LogP contribution in [0.25, 0.3) is 0 Å². The summed E-state index contributed by atoms with van der Waals surface area (Å²) < 4.78 is 32.7. The van der Waals surface area contributed by atoms with E-state index < -0.39 is 16.0 Å². The van der Waals surface area contributed by atoms with Gasteiger partial charge in [0, 0.05) is 18.7 Å². The maximum Gasteiger partial charge on any atom is 0.348 e. The van der Waals surface area contributed by atoms with Gasteiger partial charge in [-0.25, -0.2) is 13.2 Å². The maximum atomic E-state index is 13.1. The van der Waals surface area contributed by atoms with Gasteiger partial charge in [0.15, 0.2) is 0 Å². The normalized spacial score (nSPS) is 13.9. The fourth-order valence-electron chi connectivity index (χ4n) is 3.73. The van der Waals surface area contributed by atoms with Crippen LogP contribution in [0.1, 0.15) is 43.6 Å². The summed E-state index contributed by atoms with van der Waals surface area (Å²) >= 11 is 1.14. The molecule has 9 heteroatoms. The first-order valence-corrected chi connectivity index (χ1v) is 12.8. The maximum absolute atomic E-state index is 13.1. The van der Waals surface area contributed by atoms with Crippen LogP contribution >= 0.6 is 11.3 Å². The number of thiophene rings is 1. The number of ether oxygens (including phenoxy) is 1. The van der Waals surface area contributed by atoms with E-state index in [0.717, 1.165) is 22.5 Å². The topological polar surface area (TPSA) is 92.8 Å². The van der Waals surface area contributed by atoms with Crippen molar-refractivity contribution in [1.29, 1.82) is 0 Å². The van der Waals surface area contributed by atoms with Gasteiger partial charge in [0.05, 0.1) is 16.5 Å². The zero-order valence-corrected chi connectivity index (χ0v) is 20.0. The highest BCUT2D eigenvalue weighted by Gasteiger charge is 2.28. The minimum absolute atomic E-state index is 0.148. The second-order valence-corrected chi connectivity index (χ2v) is 10.7. The number of amides is 1. The Bertz CT molecular complexity index is 1300. The Balaban J connectivity index is 1.46. The summed E-state index contributed by atoms with van der Waals surface area (Å²) in [6.07, 6.45) is 0.671. The predicted molar refractivity (Wildman–Crippen MR) is 127 cm³/mol. The Kier molecular flexibility index (Phi) is 6.64. The molecule has 7 nitrogen and oxygen atoms in total. The first-order chi connectivity index (χ1) is 15.8. The highest BCUT2D eigenvalue weighted by atomic mass is 32.2. The van der Waals surface area contributed by atoms with E-state index in [1.54, 1.807) is 19.9 Å². The molecule has 4 rings (SSSR count). The third kappa shape index (κ3) is 4.85. The lowest BCUT2D eigenvalue weighted by molar-refractivity contribution is 0.0531. The largest absolute Gasteiger partial charge is 0.462 e. The van der Waals surface area contributed by atoms with Crippen molar-refractivity contribution in [3.05, 3.63) is 81.7 Å². The molecule has 2 aromatic carbocycles. The number of aryl methyl sites for hydroxylation is 1. The van der Waals surface area contributed by atoms with E-state index in [0.29, 0.717) is 35.0 Å². The van der Waals surface area contributed by atoms with Crippen LogP contribution in [0.15, 0.2) is 59.5 Å². The second-order valence-electron chi connectivity index (χ2n) is 7.68. The number of hydrogen-bond acceptors (Lipinski definition) is 6. The number of fused-ring (bicyclic) bond motifs is 1. The van der Waals surface area contributed by atoms with Gasteiger partial charge in [0.1, 0.15) is 4.88 Å². The fourth-order valence-corrected chi connectivity index (χ4v) is 6.11. The summed E-state index contributed by atoms with van der Waals surface area (Å²) in [5, 5.41) is 3.28. The van der Waals surface area contributed by atoms with Crippen molar-refractivity contribution in [1.82, 2.24) is 4.31 Å². The van der Waals surface area contributed by atoms with Crippen molar-refractivity contribution >= 4 is 38.2 Å². The first kappa shape index (κ1) is 23.2. The van der Waals surface area contributed by atoms with Crippen molar-refractivity contribution in [2.24, 2.45) is 0 Å². The van der Waals surface area contributed by atoms with Crippen molar-refractivity contribution in [3.63, 3.8) is 0 Å². The molecule has 1 aromatic heterocycles. The molecule has 0 aliphatic carbocycles. The Morgan fingerprint density at radius 1 is 1.09 bits per heavy atom. The molecular weight excluding hydrogens is 460 g/mol. The first-order valence-electron chi connectivity index (χ1n) is 10.6. The number of anilines is 1. The SMILES string of the molecule is CCOC(=O)c1sc(NC(=O)c2ccc(S(=O)(=O)N3CCc4ccccc4C3)cc2)cc1C. The van der Waals surface area contributed by atoms with Gasteiger partial charge < -0.3 is 10.1 Å². The molecule has 33 heavy (non-hydrogen) atoms. The van der Waals surface area contributed by atoms with Crippen LogP contribution in [-0.4, -0.2) is 37.8 Å². The number of carbonyl (C=O) groups is 2. The van der Waals surface area contributed by atoms with Gasteiger partial charge in [-0.1, -0.05) is 24.3 Å². The predicted octanol–water partition coefficient (Wildman–Crippen LogP) is 4.23. The number of benzene rings is 2. The van der Waals surface area contributed by atoms with Crippen LogP contribution in [0.4, 0.5) is 5.00 Å². The molecule has 1 N–H and O–H groups in total. The number of esters is 1. The number of rotatable bonds is 6. The summed E-state index contributed by atoms with van der Waals surface area (Å²) in [6, 6.07) is 15.4. The van der Waals surface area contributed by atoms with E-state index in [1.807, 2.05) is 24.3 Å². The third-order valence-electron chi connectivity index (χ3n) is 5.47. The smallest absolute Gasteiger partial charge is 0.348 e. The fraction of sp³-hybridized carbons (Fsp3) is 0.250. The molecule has 0 bridgehead atoms. The zero-order chi connectivity index (χ0) is 23.6. The van der Waals surface area contributed by atoms with Gasteiger partial charge in [0.25, 0.3) is 5.91 Å². The molecule has 1 amide bonds. The molecule has 2 heterocycles. The number of sulfonamides is 1. The van der Waals surface area contributed by atoms with Crippen molar-refractivity contribution in [2.45, 2.75) is 31.7 Å². The Labute approximate surface area is 197 Å². The Hall–Kier alpha value is -3.01. The van der Waals surface area contributed by atoms with E-state index in [2.05, 4.69) is 5.32 Å². The van der Waals surface area contributed by atoms with Crippen LogP contribution in [0.3, 0.4) is 0 Å².